The molecule has 0 heterocycles. The third-order valence-corrected chi connectivity index (χ3v) is 10.6. The van der Waals surface area contributed by atoms with Gasteiger partial charge >= 0.3 is 0 Å². The van der Waals surface area contributed by atoms with Gasteiger partial charge in [-0.3, -0.25) is 4.79 Å². The van der Waals surface area contributed by atoms with Crippen LogP contribution in [0.25, 0.3) is 0 Å². The molecule has 0 aromatic heterocycles. The molecule has 2 saturated carbocycles. The molecule has 0 amide bonds. The summed E-state index contributed by atoms with van der Waals surface area (Å²) in [6, 6.07) is 9.28. The summed E-state index contributed by atoms with van der Waals surface area (Å²) < 4.78 is 0. The lowest BCUT2D eigenvalue weighted by Gasteiger charge is -2.53. The molecule has 0 unspecified atom stereocenters. The highest BCUT2D eigenvalue weighted by Crippen LogP contribution is 2.66. The highest BCUT2D eigenvalue weighted by molar-refractivity contribution is 5.93. The summed E-state index contributed by atoms with van der Waals surface area (Å²) in [5, 5.41) is 11.9. The second-order valence-electron chi connectivity index (χ2n) is 12.7. The maximum absolute atomic E-state index is 12.3. The number of hydrogen-bond donors (Lipinski definition) is 1. The minimum absolute atomic E-state index is 0.227. The van der Waals surface area contributed by atoms with E-state index in [1.807, 2.05) is 13.0 Å². The molecule has 1 N–H and O–H groups in total. The van der Waals surface area contributed by atoms with Gasteiger partial charge < -0.3 is 10.0 Å². The standard InChI is InChI=1S/C35H47NO2/c1-5-7-8-9-10-22-36(4)27-14-11-25(12-15-27)31-24-34(3)32(19-21-35(34,38)20-6-2)30-17-13-26-23-28(37)16-18-29(26)33(30)31/h11-12,14-15,23,30-32,38H,5,7-10,13,16-19,21-22,24H2,1-4H3/t30-,31+,32-,34-,35-/m0/s1. The lowest BCUT2D eigenvalue weighted by atomic mass is 9.51. The third kappa shape index (κ3) is 4.79. The van der Waals surface area contributed by atoms with E-state index in [0.29, 0.717) is 18.3 Å². The molecule has 3 heteroatoms. The van der Waals surface area contributed by atoms with E-state index < -0.39 is 5.60 Å². The molecule has 1 aromatic rings. The van der Waals surface area contributed by atoms with Crippen molar-refractivity contribution in [2.24, 2.45) is 17.3 Å². The molecule has 4 aliphatic rings. The number of benzene rings is 1. The van der Waals surface area contributed by atoms with Crippen molar-refractivity contribution in [3.8, 4) is 11.8 Å². The van der Waals surface area contributed by atoms with Crippen molar-refractivity contribution < 1.29 is 9.90 Å². The van der Waals surface area contributed by atoms with E-state index in [1.165, 1.54) is 54.5 Å². The van der Waals surface area contributed by atoms with E-state index in [4.69, 9.17) is 0 Å². The number of carbonyl (C=O) groups excluding carboxylic acids is 1. The van der Waals surface area contributed by atoms with Crippen molar-refractivity contribution in [1.29, 1.82) is 0 Å². The fourth-order valence-corrected chi connectivity index (χ4v) is 8.42. The monoisotopic (exact) mass is 513 g/mol. The Hall–Kier alpha value is -2.31. The van der Waals surface area contributed by atoms with Crippen molar-refractivity contribution in [1.82, 2.24) is 0 Å². The number of hydrogen-bond acceptors (Lipinski definition) is 3. The van der Waals surface area contributed by atoms with Gasteiger partial charge in [0.15, 0.2) is 5.78 Å². The predicted octanol–water partition coefficient (Wildman–Crippen LogP) is 7.75. The molecule has 1 aromatic carbocycles. The van der Waals surface area contributed by atoms with Gasteiger partial charge in [-0.15, -0.1) is 5.92 Å². The average molecular weight is 514 g/mol. The first-order chi connectivity index (χ1) is 18.3. The van der Waals surface area contributed by atoms with E-state index in [0.717, 1.165) is 45.1 Å². The molecule has 38 heavy (non-hydrogen) atoms. The van der Waals surface area contributed by atoms with Crippen LogP contribution >= 0.6 is 0 Å². The molecule has 5 atom stereocenters. The van der Waals surface area contributed by atoms with E-state index in [-0.39, 0.29) is 17.1 Å². The molecule has 0 bridgehead atoms. The van der Waals surface area contributed by atoms with Gasteiger partial charge in [-0.2, -0.15) is 0 Å². The summed E-state index contributed by atoms with van der Waals surface area (Å²) in [7, 11) is 2.21. The van der Waals surface area contributed by atoms with Crippen LogP contribution < -0.4 is 4.90 Å². The first-order valence-electron chi connectivity index (χ1n) is 15.3. The minimum Gasteiger partial charge on any atom is -0.377 e. The van der Waals surface area contributed by atoms with Crippen LogP contribution in [0, 0.1) is 29.1 Å². The van der Waals surface area contributed by atoms with Gasteiger partial charge in [-0.25, -0.2) is 0 Å². The minimum atomic E-state index is -0.919. The summed E-state index contributed by atoms with van der Waals surface area (Å²) in [5.41, 5.74) is 5.84. The average Bonchev–Trinajstić information content (AvgIpc) is 3.17. The van der Waals surface area contributed by atoms with E-state index >= 15 is 0 Å². The fourth-order valence-electron chi connectivity index (χ4n) is 8.42. The van der Waals surface area contributed by atoms with Gasteiger partial charge in [0.25, 0.3) is 0 Å². The molecule has 2 fully saturated rings. The Balaban J connectivity index is 1.47. The highest BCUT2D eigenvalue weighted by Gasteiger charge is 2.62. The lowest BCUT2D eigenvalue weighted by Crippen LogP contribution is -2.51. The number of anilines is 1. The van der Waals surface area contributed by atoms with Gasteiger partial charge in [0.2, 0.25) is 0 Å². The maximum atomic E-state index is 12.3. The fraction of sp³-hybridized carbons (Fsp3) is 0.629. The molecule has 0 aliphatic heterocycles. The summed E-state index contributed by atoms with van der Waals surface area (Å²) in [4.78, 5) is 14.7. The summed E-state index contributed by atoms with van der Waals surface area (Å²) in [6.07, 6.45) is 14.8. The Morgan fingerprint density at radius 2 is 1.82 bits per heavy atom. The predicted molar refractivity (Wildman–Crippen MR) is 157 cm³/mol. The Kier molecular flexibility index (Phi) is 7.93. The molecule has 5 rings (SSSR count). The second kappa shape index (κ2) is 11.1. The number of rotatable bonds is 8. The molecular weight excluding hydrogens is 466 g/mol. The number of carbonyl (C=O) groups is 1. The van der Waals surface area contributed by atoms with Crippen molar-refractivity contribution >= 4 is 11.5 Å². The van der Waals surface area contributed by atoms with Crippen LogP contribution in [0.1, 0.15) is 109 Å². The number of ketones is 1. The zero-order valence-electron chi connectivity index (χ0n) is 24.1. The number of aliphatic hydroxyl groups is 1. The van der Waals surface area contributed by atoms with Gasteiger partial charge in [0.05, 0.1) is 0 Å². The van der Waals surface area contributed by atoms with Crippen LogP contribution in [-0.4, -0.2) is 30.1 Å². The Morgan fingerprint density at radius 1 is 1.05 bits per heavy atom. The van der Waals surface area contributed by atoms with Crippen LogP contribution in [0.15, 0.2) is 47.1 Å². The topological polar surface area (TPSA) is 40.5 Å². The van der Waals surface area contributed by atoms with Gasteiger partial charge in [-0.05, 0) is 98.6 Å². The normalized spacial score (nSPS) is 32.1. The molecule has 3 nitrogen and oxygen atoms in total. The summed E-state index contributed by atoms with van der Waals surface area (Å²) in [5.74, 6) is 7.82. The molecule has 0 radical (unpaired) electrons. The van der Waals surface area contributed by atoms with Crippen molar-refractivity contribution in [3.63, 3.8) is 0 Å². The highest BCUT2D eigenvalue weighted by atomic mass is 16.3. The van der Waals surface area contributed by atoms with Crippen molar-refractivity contribution in [2.45, 2.75) is 109 Å². The van der Waals surface area contributed by atoms with E-state index in [1.54, 1.807) is 5.57 Å². The SMILES string of the molecule is CC#C[C@]1(O)CC[C@H]2[C@@H]3CCC4=CC(=O)CCC4=C3[C@@H](c3ccc(N(C)CCCCCCC)cc3)C[C@@]21C. The number of unbranched alkanes of at least 4 members (excludes halogenated alkanes) is 4. The van der Waals surface area contributed by atoms with Crippen LogP contribution in [-0.2, 0) is 4.79 Å². The van der Waals surface area contributed by atoms with Crippen LogP contribution in [0.2, 0.25) is 0 Å². The first kappa shape index (κ1) is 27.3. The summed E-state index contributed by atoms with van der Waals surface area (Å²) >= 11 is 0. The first-order valence-corrected chi connectivity index (χ1v) is 15.3. The summed E-state index contributed by atoms with van der Waals surface area (Å²) in [6.45, 7) is 7.54. The molecule has 0 spiro atoms. The Bertz CT molecular complexity index is 1160. The van der Waals surface area contributed by atoms with Crippen LogP contribution in [0.5, 0.6) is 0 Å². The second-order valence-corrected chi connectivity index (χ2v) is 12.7. The van der Waals surface area contributed by atoms with Crippen molar-refractivity contribution in [2.75, 3.05) is 18.5 Å². The number of allylic oxidation sites excluding steroid dienone is 4. The van der Waals surface area contributed by atoms with Gasteiger partial charge in [-0.1, -0.05) is 63.2 Å². The molecule has 4 aliphatic carbocycles. The lowest BCUT2D eigenvalue weighted by molar-refractivity contribution is -0.114. The van der Waals surface area contributed by atoms with Crippen LogP contribution in [0.3, 0.4) is 0 Å². The van der Waals surface area contributed by atoms with E-state index in [2.05, 4.69) is 61.9 Å². The Morgan fingerprint density at radius 3 is 2.55 bits per heavy atom. The number of fused-ring (bicyclic) bond motifs is 4. The zero-order valence-corrected chi connectivity index (χ0v) is 24.1. The molecule has 204 valence electrons. The Labute approximate surface area is 230 Å². The third-order valence-electron chi connectivity index (χ3n) is 10.6. The van der Waals surface area contributed by atoms with E-state index in [9.17, 15) is 9.90 Å². The largest absolute Gasteiger partial charge is 0.377 e. The van der Waals surface area contributed by atoms with Crippen molar-refractivity contribution in [3.05, 3.63) is 52.6 Å². The molecular formula is C35H47NO2. The number of nitrogens with zero attached hydrogens (tertiary/aromatic N) is 1. The quantitative estimate of drug-likeness (QED) is 0.285. The zero-order chi connectivity index (χ0) is 26.9. The molecule has 0 saturated heterocycles. The smallest absolute Gasteiger partial charge is 0.156 e. The maximum Gasteiger partial charge on any atom is 0.156 e. The van der Waals surface area contributed by atoms with Gasteiger partial charge in [0, 0.05) is 37.0 Å². The van der Waals surface area contributed by atoms with Gasteiger partial charge in [0.1, 0.15) is 5.60 Å². The van der Waals surface area contributed by atoms with Crippen LogP contribution in [0.4, 0.5) is 5.69 Å².